The predicted molar refractivity (Wildman–Crippen MR) is 65.7 cm³/mol. The van der Waals surface area contributed by atoms with E-state index in [4.69, 9.17) is 5.11 Å². The van der Waals surface area contributed by atoms with Gasteiger partial charge in [-0.1, -0.05) is 0 Å². The second kappa shape index (κ2) is 5.10. The summed E-state index contributed by atoms with van der Waals surface area (Å²) >= 11 is 0. The highest BCUT2D eigenvalue weighted by atomic mass is 32.2. The quantitative estimate of drug-likeness (QED) is 0.666. The number of benzene rings is 1. The minimum absolute atomic E-state index is 0.267. The van der Waals surface area contributed by atoms with Gasteiger partial charge >= 0.3 is 21.7 Å². The van der Waals surface area contributed by atoms with Crippen LogP contribution in [0.1, 0.15) is 12.0 Å². The van der Waals surface area contributed by atoms with Crippen LogP contribution in [0.4, 0.5) is 23.7 Å². The van der Waals surface area contributed by atoms with E-state index in [1.165, 1.54) is 6.07 Å². The van der Waals surface area contributed by atoms with E-state index in [2.05, 4.69) is 4.18 Å². The number of halogens is 3. The molecule has 1 N–H and O–H groups in total. The van der Waals surface area contributed by atoms with Crippen molar-refractivity contribution in [2.24, 2.45) is 0 Å². The first-order chi connectivity index (χ1) is 9.62. The fourth-order valence-electron chi connectivity index (χ4n) is 2.00. The van der Waals surface area contributed by atoms with E-state index in [-0.39, 0.29) is 6.54 Å². The van der Waals surface area contributed by atoms with Gasteiger partial charge in [-0.05, 0) is 36.6 Å². The van der Waals surface area contributed by atoms with Crippen LogP contribution in [0, 0.1) is 0 Å². The standard InChI is InChI=1S/C11H10F3NO5S/c12-11(13,14)21(18,19)20-8-3-4-9-7(6-8)2-1-5-15(9)10(16)17/h3-4,6H,1-2,5H2,(H,16,17). The maximum atomic E-state index is 12.2. The van der Waals surface area contributed by atoms with Gasteiger partial charge in [0.25, 0.3) is 0 Å². The Kier molecular flexibility index (Phi) is 3.74. The lowest BCUT2D eigenvalue weighted by Gasteiger charge is -2.27. The SMILES string of the molecule is O=C(O)N1CCCc2cc(OS(=O)(=O)C(F)(F)F)ccc21. The maximum absolute atomic E-state index is 12.2. The molecule has 0 bridgehead atoms. The number of nitrogens with zero attached hydrogens (tertiary/aromatic N) is 1. The monoisotopic (exact) mass is 325 g/mol. The summed E-state index contributed by atoms with van der Waals surface area (Å²) < 4.78 is 62.5. The van der Waals surface area contributed by atoms with Crippen molar-refractivity contribution < 1.29 is 35.7 Å². The van der Waals surface area contributed by atoms with E-state index in [0.717, 1.165) is 17.0 Å². The van der Waals surface area contributed by atoms with E-state index in [1.54, 1.807) is 0 Å². The minimum atomic E-state index is -5.74. The Hall–Kier alpha value is -1.97. The van der Waals surface area contributed by atoms with E-state index in [1.807, 2.05) is 0 Å². The highest BCUT2D eigenvalue weighted by molar-refractivity contribution is 7.88. The van der Waals surface area contributed by atoms with Crippen LogP contribution in [-0.4, -0.2) is 31.7 Å². The van der Waals surface area contributed by atoms with Gasteiger partial charge in [-0.25, -0.2) is 4.79 Å². The highest BCUT2D eigenvalue weighted by Gasteiger charge is 2.48. The number of hydrogen-bond acceptors (Lipinski definition) is 4. The van der Waals surface area contributed by atoms with Crippen molar-refractivity contribution in [2.45, 2.75) is 18.3 Å². The molecule has 6 nitrogen and oxygen atoms in total. The minimum Gasteiger partial charge on any atom is -0.465 e. The number of amides is 1. The Morgan fingerprint density at radius 3 is 2.57 bits per heavy atom. The summed E-state index contributed by atoms with van der Waals surface area (Å²) in [6.07, 6.45) is -0.288. The molecule has 1 aromatic carbocycles. The Morgan fingerprint density at radius 2 is 2.00 bits per heavy atom. The van der Waals surface area contributed by atoms with Crippen molar-refractivity contribution in [1.82, 2.24) is 0 Å². The van der Waals surface area contributed by atoms with Crippen molar-refractivity contribution in [3.8, 4) is 5.75 Å². The lowest BCUT2D eigenvalue weighted by atomic mass is 10.0. The van der Waals surface area contributed by atoms with Gasteiger partial charge in [0, 0.05) is 6.54 Å². The number of carbonyl (C=O) groups is 1. The number of carboxylic acid groups (broad SMARTS) is 1. The predicted octanol–water partition coefficient (Wildman–Crippen LogP) is 2.35. The zero-order valence-electron chi connectivity index (χ0n) is 10.4. The third kappa shape index (κ3) is 3.04. The molecular weight excluding hydrogens is 315 g/mol. The molecule has 0 spiro atoms. The molecule has 0 fully saturated rings. The topological polar surface area (TPSA) is 83.9 Å². The average molecular weight is 325 g/mol. The van der Waals surface area contributed by atoms with E-state index < -0.39 is 27.5 Å². The normalized spacial score (nSPS) is 15.5. The first kappa shape index (κ1) is 15.4. The van der Waals surface area contributed by atoms with Gasteiger partial charge in [0.2, 0.25) is 0 Å². The summed E-state index contributed by atoms with van der Waals surface area (Å²) in [7, 11) is -5.74. The van der Waals surface area contributed by atoms with Gasteiger partial charge < -0.3 is 9.29 Å². The summed E-state index contributed by atoms with van der Waals surface area (Å²) in [5, 5.41) is 9.00. The van der Waals surface area contributed by atoms with Crippen molar-refractivity contribution in [3.63, 3.8) is 0 Å². The van der Waals surface area contributed by atoms with Gasteiger partial charge in [0.1, 0.15) is 5.75 Å². The van der Waals surface area contributed by atoms with Crippen molar-refractivity contribution >= 4 is 21.9 Å². The van der Waals surface area contributed by atoms with Crippen LogP contribution in [0.15, 0.2) is 18.2 Å². The van der Waals surface area contributed by atoms with Crippen molar-refractivity contribution in [3.05, 3.63) is 23.8 Å². The number of fused-ring (bicyclic) bond motifs is 1. The molecule has 0 radical (unpaired) electrons. The van der Waals surface area contributed by atoms with Crippen molar-refractivity contribution in [1.29, 1.82) is 0 Å². The lowest BCUT2D eigenvalue weighted by molar-refractivity contribution is -0.0500. The summed E-state index contributed by atoms with van der Waals surface area (Å²) in [5.41, 5.74) is -4.79. The Bertz CT molecular complexity index is 671. The van der Waals surface area contributed by atoms with Crippen LogP contribution in [0.5, 0.6) is 5.75 Å². The van der Waals surface area contributed by atoms with Crippen LogP contribution in [-0.2, 0) is 16.5 Å². The highest BCUT2D eigenvalue weighted by Crippen LogP contribution is 2.33. The van der Waals surface area contributed by atoms with Gasteiger partial charge in [0.15, 0.2) is 0 Å². The fraction of sp³-hybridized carbons (Fsp3) is 0.364. The number of aryl methyl sites for hydroxylation is 1. The van der Waals surface area contributed by atoms with Gasteiger partial charge in [-0.3, -0.25) is 4.90 Å². The zero-order chi connectivity index (χ0) is 15.8. The molecule has 0 saturated heterocycles. The molecule has 21 heavy (non-hydrogen) atoms. The third-order valence-electron chi connectivity index (χ3n) is 2.89. The molecule has 2 rings (SSSR count). The van der Waals surface area contributed by atoms with Crippen LogP contribution < -0.4 is 9.08 Å². The fourth-order valence-corrected chi connectivity index (χ4v) is 2.45. The summed E-state index contributed by atoms with van der Waals surface area (Å²) in [6, 6.07) is 3.32. The molecule has 1 aromatic rings. The summed E-state index contributed by atoms with van der Waals surface area (Å²) in [4.78, 5) is 12.1. The number of alkyl halides is 3. The van der Waals surface area contributed by atoms with E-state index in [9.17, 15) is 26.4 Å². The summed E-state index contributed by atoms with van der Waals surface area (Å²) in [6.45, 7) is 0.267. The zero-order valence-corrected chi connectivity index (χ0v) is 11.2. The molecule has 0 aliphatic carbocycles. The Labute approximate surface area is 117 Å². The maximum Gasteiger partial charge on any atom is 0.534 e. The third-order valence-corrected chi connectivity index (χ3v) is 3.87. The molecule has 0 atom stereocenters. The number of hydrogen-bond donors (Lipinski definition) is 1. The van der Waals surface area contributed by atoms with Crippen LogP contribution in [0.2, 0.25) is 0 Å². The average Bonchev–Trinajstić information content (AvgIpc) is 2.35. The number of rotatable bonds is 2. The largest absolute Gasteiger partial charge is 0.534 e. The Morgan fingerprint density at radius 1 is 1.33 bits per heavy atom. The molecule has 1 aliphatic heterocycles. The number of anilines is 1. The lowest BCUT2D eigenvalue weighted by Crippen LogP contribution is -2.34. The second-order valence-electron chi connectivity index (χ2n) is 4.31. The van der Waals surface area contributed by atoms with Gasteiger partial charge in [0.05, 0.1) is 5.69 Å². The van der Waals surface area contributed by atoms with E-state index in [0.29, 0.717) is 24.1 Å². The molecule has 1 aliphatic rings. The Balaban J connectivity index is 2.33. The molecule has 10 heteroatoms. The van der Waals surface area contributed by atoms with Crippen LogP contribution in [0.3, 0.4) is 0 Å². The van der Waals surface area contributed by atoms with E-state index >= 15 is 0 Å². The van der Waals surface area contributed by atoms with Crippen molar-refractivity contribution in [2.75, 3.05) is 11.4 Å². The first-order valence-corrected chi connectivity index (χ1v) is 7.17. The molecule has 1 amide bonds. The molecular formula is C11H10F3NO5S. The second-order valence-corrected chi connectivity index (χ2v) is 5.85. The van der Waals surface area contributed by atoms with Crippen LogP contribution >= 0.6 is 0 Å². The van der Waals surface area contributed by atoms with Gasteiger partial charge in [-0.2, -0.15) is 21.6 Å². The molecule has 1 heterocycles. The van der Waals surface area contributed by atoms with Gasteiger partial charge in [-0.15, -0.1) is 0 Å². The first-order valence-electron chi connectivity index (χ1n) is 5.76. The smallest absolute Gasteiger partial charge is 0.465 e. The molecule has 0 aromatic heterocycles. The summed E-state index contributed by atoms with van der Waals surface area (Å²) in [5.74, 6) is -0.502. The van der Waals surface area contributed by atoms with Crippen LogP contribution in [0.25, 0.3) is 0 Å². The molecule has 0 unspecified atom stereocenters. The molecule has 116 valence electrons. The molecule has 0 saturated carbocycles.